The van der Waals surface area contributed by atoms with Crippen molar-refractivity contribution in [2.75, 3.05) is 9.80 Å². The first-order valence-corrected chi connectivity index (χ1v) is 10.3. The monoisotopic (exact) mass is 378 g/mol. The van der Waals surface area contributed by atoms with E-state index in [4.69, 9.17) is 0 Å². The first-order chi connectivity index (χ1) is 13.5. The molecule has 0 saturated heterocycles. The summed E-state index contributed by atoms with van der Waals surface area (Å²) in [6, 6.07) is 17.8. The van der Waals surface area contributed by atoms with E-state index < -0.39 is 0 Å². The topological polar surface area (TPSA) is 40.6 Å². The van der Waals surface area contributed by atoms with Crippen LogP contribution in [0, 0.1) is 0 Å². The molecule has 0 fully saturated rings. The third-order valence-electron chi connectivity index (χ3n) is 5.51. The van der Waals surface area contributed by atoms with E-state index in [9.17, 15) is 9.59 Å². The highest BCUT2D eigenvalue weighted by atomic mass is 16.2. The van der Waals surface area contributed by atoms with Crippen LogP contribution >= 0.6 is 0 Å². The predicted molar refractivity (Wildman–Crippen MR) is 114 cm³/mol. The quantitative estimate of drug-likeness (QED) is 0.624. The highest BCUT2D eigenvalue weighted by molar-refractivity contribution is 5.97. The molecule has 0 saturated carbocycles. The fraction of sp³-hybridized carbons (Fsp3) is 0.417. The van der Waals surface area contributed by atoms with E-state index in [0.29, 0.717) is 6.42 Å². The zero-order chi connectivity index (χ0) is 20.1. The molecule has 0 spiro atoms. The highest BCUT2D eigenvalue weighted by Crippen LogP contribution is 2.42. The average Bonchev–Trinajstić information content (AvgIpc) is 2.69. The molecule has 4 nitrogen and oxygen atoms in total. The fourth-order valence-corrected chi connectivity index (χ4v) is 4.22. The van der Waals surface area contributed by atoms with Gasteiger partial charge in [0.15, 0.2) is 0 Å². The maximum Gasteiger partial charge on any atom is 0.227 e. The van der Waals surface area contributed by atoms with Gasteiger partial charge in [0.1, 0.15) is 0 Å². The van der Waals surface area contributed by atoms with Gasteiger partial charge in [-0.15, -0.1) is 0 Å². The van der Waals surface area contributed by atoms with Gasteiger partial charge in [-0.1, -0.05) is 56.2 Å². The Bertz CT molecular complexity index is 818. The van der Waals surface area contributed by atoms with Gasteiger partial charge in [0, 0.05) is 30.8 Å². The molecule has 1 heterocycles. The van der Waals surface area contributed by atoms with Gasteiger partial charge in [-0.2, -0.15) is 0 Å². The number of fused-ring (bicyclic) bond motifs is 1. The van der Waals surface area contributed by atoms with Crippen molar-refractivity contribution in [3.05, 3.63) is 60.2 Å². The van der Waals surface area contributed by atoms with E-state index >= 15 is 0 Å². The average molecular weight is 379 g/mol. The number of carbonyl (C=O) groups excluding carboxylic acids is 2. The number of nitrogens with zero attached hydrogens (tertiary/aromatic N) is 2. The number of anilines is 2. The number of rotatable bonds is 6. The van der Waals surface area contributed by atoms with Gasteiger partial charge in [0.2, 0.25) is 11.8 Å². The van der Waals surface area contributed by atoms with Crippen molar-refractivity contribution in [3.8, 4) is 0 Å². The van der Waals surface area contributed by atoms with E-state index in [0.717, 1.165) is 42.6 Å². The minimum Gasteiger partial charge on any atom is -0.309 e. The van der Waals surface area contributed by atoms with Crippen molar-refractivity contribution in [1.29, 1.82) is 0 Å². The van der Waals surface area contributed by atoms with Crippen molar-refractivity contribution in [2.24, 2.45) is 0 Å². The Morgan fingerprint density at radius 1 is 1.04 bits per heavy atom. The molecule has 28 heavy (non-hydrogen) atoms. The van der Waals surface area contributed by atoms with Gasteiger partial charge in [-0.25, -0.2) is 0 Å². The smallest absolute Gasteiger partial charge is 0.227 e. The lowest BCUT2D eigenvalue weighted by Gasteiger charge is -2.43. The lowest BCUT2D eigenvalue weighted by molar-refractivity contribution is -0.119. The number of carbonyl (C=O) groups is 2. The number of benzene rings is 2. The second-order valence-electron chi connectivity index (χ2n) is 7.60. The normalized spacial score (nSPS) is 18.5. The van der Waals surface area contributed by atoms with Crippen LogP contribution in [-0.4, -0.2) is 17.9 Å². The van der Waals surface area contributed by atoms with E-state index in [2.05, 4.69) is 19.9 Å². The van der Waals surface area contributed by atoms with Crippen LogP contribution in [0.25, 0.3) is 0 Å². The molecular weight excluding hydrogens is 348 g/mol. The molecule has 148 valence electrons. The SMILES string of the molecule is CCCCCC(=O)N1c2ccccc2C(N(C(C)=O)c2ccccc2)CC1C. The maximum absolute atomic E-state index is 13.0. The first kappa shape index (κ1) is 20.1. The number of unbranched alkanes of at least 4 members (excludes halogenated alkanes) is 2. The van der Waals surface area contributed by atoms with Crippen LogP contribution in [0.4, 0.5) is 11.4 Å². The van der Waals surface area contributed by atoms with Gasteiger partial charge in [-0.3, -0.25) is 9.59 Å². The Hall–Kier alpha value is -2.62. The van der Waals surface area contributed by atoms with Crippen LogP contribution in [0.2, 0.25) is 0 Å². The Balaban J connectivity index is 1.97. The number of hydrogen-bond acceptors (Lipinski definition) is 2. The lowest BCUT2D eigenvalue weighted by atomic mass is 9.89. The Morgan fingerprint density at radius 3 is 2.39 bits per heavy atom. The molecular formula is C24H30N2O2. The van der Waals surface area contributed by atoms with Crippen molar-refractivity contribution in [2.45, 2.75) is 65.0 Å². The molecule has 1 aliphatic heterocycles. The molecule has 0 bridgehead atoms. The maximum atomic E-state index is 13.0. The standard InChI is InChI=1S/C24H30N2O2/c1-4-5-7-16-24(28)25-18(2)17-23(21-14-10-11-15-22(21)25)26(19(3)27)20-12-8-6-9-13-20/h6,8-15,18,23H,4-5,7,16-17H2,1-3H3. The molecule has 2 unspecified atom stereocenters. The van der Waals surface area contributed by atoms with Gasteiger partial charge >= 0.3 is 0 Å². The molecule has 2 atom stereocenters. The van der Waals surface area contributed by atoms with E-state index in [1.165, 1.54) is 0 Å². The summed E-state index contributed by atoms with van der Waals surface area (Å²) in [6.07, 6.45) is 4.40. The van der Waals surface area contributed by atoms with Crippen molar-refractivity contribution >= 4 is 23.2 Å². The summed E-state index contributed by atoms with van der Waals surface area (Å²) < 4.78 is 0. The molecule has 0 radical (unpaired) electrons. The summed E-state index contributed by atoms with van der Waals surface area (Å²) in [5.74, 6) is 0.196. The third-order valence-corrected chi connectivity index (χ3v) is 5.51. The third kappa shape index (κ3) is 4.11. The minimum atomic E-state index is -0.0780. The molecule has 0 aromatic heterocycles. The van der Waals surface area contributed by atoms with Gasteiger partial charge in [0.05, 0.1) is 6.04 Å². The molecule has 0 N–H and O–H groups in total. The molecule has 4 heteroatoms. The van der Waals surface area contributed by atoms with Gasteiger partial charge in [-0.05, 0) is 43.5 Å². The van der Waals surface area contributed by atoms with E-state index in [1.807, 2.05) is 58.3 Å². The molecule has 2 aromatic carbocycles. The molecule has 3 rings (SSSR count). The number of amides is 2. The van der Waals surface area contributed by atoms with Crippen LogP contribution in [0.1, 0.15) is 64.5 Å². The summed E-state index contributed by atoms with van der Waals surface area (Å²) in [4.78, 5) is 29.4. The summed E-state index contributed by atoms with van der Waals surface area (Å²) in [5.41, 5.74) is 2.88. The van der Waals surface area contributed by atoms with Crippen molar-refractivity contribution < 1.29 is 9.59 Å². The van der Waals surface area contributed by atoms with Crippen LogP contribution in [0.15, 0.2) is 54.6 Å². The fourth-order valence-electron chi connectivity index (χ4n) is 4.22. The zero-order valence-corrected chi connectivity index (χ0v) is 17.1. The minimum absolute atomic E-state index is 0.0147. The Labute approximate surface area is 168 Å². The molecule has 0 aliphatic carbocycles. The van der Waals surface area contributed by atoms with Gasteiger partial charge < -0.3 is 9.80 Å². The second kappa shape index (κ2) is 9.05. The van der Waals surface area contributed by atoms with Crippen molar-refractivity contribution in [1.82, 2.24) is 0 Å². The molecule has 2 amide bonds. The Morgan fingerprint density at radius 2 is 1.71 bits per heavy atom. The largest absolute Gasteiger partial charge is 0.309 e. The highest BCUT2D eigenvalue weighted by Gasteiger charge is 2.37. The van der Waals surface area contributed by atoms with E-state index in [-0.39, 0.29) is 23.9 Å². The predicted octanol–water partition coefficient (Wildman–Crippen LogP) is 5.49. The summed E-state index contributed by atoms with van der Waals surface area (Å²) in [5, 5.41) is 0. The summed E-state index contributed by atoms with van der Waals surface area (Å²) >= 11 is 0. The van der Waals surface area contributed by atoms with Crippen LogP contribution < -0.4 is 9.80 Å². The number of para-hydroxylation sites is 2. The lowest BCUT2D eigenvalue weighted by Crippen LogP contribution is -2.47. The van der Waals surface area contributed by atoms with Crippen LogP contribution in [-0.2, 0) is 9.59 Å². The molecule has 1 aliphatic rings. The molecule has 2 aromatic rings. The van der Waals surface area contributed by atoms with Crippen molar-refractivity contribution in [3.63, 3.8) is 0 Å². The second-order valence-corrected chi connectivity index (χ2v) is 7.60. The van der Waals surface area contributed by atoms with E-state index in [1.54, 1.807) is 6.92 Å². The first-order valence-electron chi connectivity index (χ1n) is 10.3. The van der Waals surface area contributed by atoms with Crippen LogP contribution in [0.3, 0.4) is 0 Å². The van der Waals surface area contributed by atoms with Crippen LogP contribution in [0.5, 0.6) is 0 Å². The zero-order valence-electron chi connectivity index (χ0n) is 17.1. The summed E-state index contributed by atoms with van der Waals surface area (Å²) in [7, 11) is 0. The Kier molecular flexibility index (Phi) is 6.50. The summed E-state index contributed by atoms with van der Waals surface area (Å²) in [6.45, 7) is 5.85. The number of hydrogen-bond donors (Lipinski definition) is 0. The van der Waals surface area contributed by atoms with Gasteiger partial charge in [0.25, 0.3) is 0 Å².